The second kappa shape index (κ2) is 12.7. The number of anilines is 1. The van der Waals surface area contributed by atoms with E-state index >= 15 is 0 Å². The van der Waals surface area contributed by atoms with Gasteiger partial charge in [0.2, 0.25) is 11.8 Å². The number of hydrogen-bond donors (Lipinski definition) is 1. The molecule has 0 heterocycles. The van der Waals surface area contributed by atoms with Gasteiger partial charge in [-0.2, -0.15) is 0 Å². The monoisotopic (exact) mass is 539 g/mol. The highest BCUT2D eigenvalue weighted by Gasteiger charge is 2.32. The summed E-state index contributed by atoms with van der Waals surface area (Å²) in [5.41, 5.74) is 1.77. The Bertz CT molecular complexity index is 1350. The summed E-state index contributed by atoms with van der Waals surface area (Å²) in [6.45, 7) is 6.71. The lowest BCUT2D eigenvalue weighted by molar-refractivity contribution is -0.139. The fourth-order valence-electron chi connectivity index (χ4n) is 3.87. The van der Waals surface area contributed by atoms with Gasteiger partial charge in [0.15, 0.2) is 0 Å². The van der Waals surface area contributed by atoms with E-state index in [2.05, 4.69) is 5.32 Å². The molecule has 0 bridgehead atoms. The largest absolute Gasteiger partial charge is 0.352 e. The fraction of sp³-hybridized carbons (Fsp3) is 0.310. The maximum atomic E-state index is 13.8. The molecule has 0 aromatic heterocycles. The molecule has 0 aliphatic carbocycles. The molecular formula is C29H34FN3O4S. The van der Waals surface area contributed by atoms with Gasteiger partial charge in [0, 0.05) is 12.6 Å². The summed E-state index contributed by atoms with van der Waals surface area (Å²) in [5, 5.41) is 2.88. The first-order valence-electron chi connectivity index (χ1n) is 12.5. The number of halogens is 1. The summed E-state index contributed by atoms with van der Waals surface area (Å²) < 4.78 is 42.0. The molecule has 2 amide bonds. The van der Waals surface area contributed by atoms with Crippen LogP contribution in [0.25, 0.3) is 0 Å². The summed E-state index contributed by atoms with van der Waals surface area (Å²) in [6.07, 6.45) is 0.709. The van der Waals surface area contributed by atoms with Crippen LogP contribution in [-0.2, 0) is 26.2 Å². The van der Waals surface area contributed by atoms with E-state index in [0.29, 0.717) is 17.7 Å². The van der Waals surface area contributed by atoms with E-state index in [0.717, 1.165) is 9.87 Å². The minimum Gasteiger partial charge on any atom is -0.352 e. The Balaban J connectivity index is 2.01. The van der Waals surface area contributed by atoms with Crippen molar-refractivity contribution in [1.29, 1.82) is 0 Å². The molecule has 0 aliphatic rings. The predicted octanol–water partition coefficient (Wildman–Crippen LogP) is 4.66. The van der Waals surface area contributed by atoms with E-state index in [1.807, 2.05) is 26.8 Å². The van der Waals surface area contributed by atoms with Gasteiger partial charge >= 0.3 is 0 Å². The second-order valence-corrected chi connectivity index (χ2v) is 11.2. The first-order valence-corrected chi connectivity index (χ1v) is 14.0. The highest BCUT2D eigenvalue weighted by atomic mass is 32.2. The van der Waals surface area contributed by atoms with Gasteiger partial charge in [0.05, 0.1) is 10.6 Å². The summed E-state index contributed by atoms with van der Waals surface area (Å²) in [5.74, 6) is -1.35. The molecule has 0 saturated heterocycles. The molecule has 0 saturated carbocycles. The van der Waals surface area contributed by atoms with Crippen molar-refractivity contribution in [2.24, 2.45) is 0 Å². The van der Waals surface area contributed by atoms with Crippen molar-refractivity contribution in [1.82, 2.24) is 10.2 Å². The number of hydrogen-bond acceptors (Lipinski definition) is 4. The Hall–Kier alpha value is -3.72. The molecular weight excluding hydrogens is 505 g/mol. The van der Waals surface area contributed by atoms with Crippen LogP contribution in [0.5, 0.6) is 0 Å². The SMILES string of the molecule is CCC(C)NC(=O)C(C)N(Cc1ccc(F)cc1)C(=O)CN(c1cccc(C)c1)S(=O)(=O)c1ccccc1. The van der Waals surface area contributed by atoms with Crippen molar-refractivity contribution >= 4 is 27.5 Å². The summed E-state index contributed by atoms with van der Waals surface area (Å²) >= 11 is 0. The van der Waals surface area contributed by atoms with Crippen LogP contribution in [0.3, 0.4) is 0 Å². The average molecular weight is 540 g/mol. The molecule has 9 heteroatoms. The lowest BCUT2D eigenvalue weighted by Crippen LogP contribution is -2.52. The zero-order valence-electron chi connectivity index (χ0n) is 22.1. The van der Waals surface area contributed by atoms with Crippen LogP contribution >= 0.6 is 0 Å². The van der Waals surface area contributed by atoms with Crippen LogP contribution in [0, 0.1) is 12.7 Å². The van der Waals surface area contributed by atoms with Crippen molar-refractivity contribution in [3.05, 3.63) is 95.8 Å². The lowest BCUT2D eigenvalue weighted by Gasteiger charge is -2.32. The van der Waals surface area contributed by atoms with Gasteiger partial charge in [-0.05, 0) is 74.7 Å². The number of benzene rings is 3. The van der Waals surface area contributed by atoms with E-state index in [-0.39, 0.29) is 23.4 Å². The molecule has 3 rings (SSSR count). The van der Waals surface area contributed by atoms with Crippen molar-refractivity contribution in [3.8, 4) is 0 Å². The molecule has 7 nitrogen and oxygen atoms in total. The zero-order chi connectivity index (χ0) is 27.9. The number of sulfonamides is 1. The normalized spacial score (nSPS) is 12.9. The van der Waals surface area contributed by atoms with Crippen molar-refractivity contribution < 1.29 is 22.4 Å². The van der Waals surface area contributed by atoms with E-state index in [1.165, 1.54) is 41.3 Å². The van der Waals surface area contributed by atoms with Gasteiger partial charge < -0.3 is 10.2 Å². The summed E-state index contributed by atoms with van der Waals surface area (Å²) in [7, 11) is -4.11. The Morgan fingerprint density at radius 2 is 1.61 bits per heavy atom. The molecule has 0 radical (unpaired) electrons. The van der Waals surface area contributed by atoms with Crippen LogP contribution in [0.1, 0.15) is 38.3 Å². The van der Waals surface area contributed by atoms with Gasteiger partial charge in [-0.3, -0.25) is 13.9 Å². The standard InChI is InChI=1S/C29H34FN3O4S/c1-5-22(3)31-29(35)23(4)32(19-24-14-16-25(30)17-15-24)28(34)20-33(26-11-9-10-21(2)18-26)38(36,37)27-12-7-6-8-13-27/h6-18,22-23H,5,19-20H2,1-4H3,(H,31,35). The van der Waals surface area contributed by atoms with Gasteiger partial charge in [-0.25, -0.2) is 12.8 Å². The van der Waals surface area contributed by atoms with Gasteiger partial charge in [-0.1, -0.05) is 49.4 Å². The molecule has 3 aromatic rings. The molecule has 0 spiro atoms. The number of amides is 2. The van der Waals surface area contributed by atoms with Gasteiger partial charge in [0.1, 0.15) is 18.4 Å². The van der Waals surface area contributed by atoms with Crippen LogP contribution in [0.15, 0.2) is 83.8 Å². The van der Waals surface area contributed by atoms with Crippen LogP contribution < -0.4 is 9.62 Å². The molecule has 1 N–H and O–H groups in total. The van der Waals surface area contributed by atoms with E-state index in [4.69, 9.17) is 0 Å². The maximum Gasteiger partial charge on any atom is 0.264 e. The predicted molar refractivity (Wildman–Crippen MR) is 146 cm³/mol. The molecule has 0 fully saturated rings. The highest BCUT2D eigenvalue weighted by Crippen LogP contribution is 2.25. The molecule has 38 heavy (non-hydrogen) atoms. The van der Waals surface area contributed by atoms with Gasteiger partial charge in [0.25, 0.3) is 10.0 Å². The van der Waals surface area contributed by atoms with Crippen molar-refractivity contribution in [3.63, 3.8) is 0 Å². The third kappa shape index (κ3) is 7.19. The number of nitrogens with one attached hydrogen (secondary N) is 1. The fourth-order valence-corrected chi connectivity index (χ4v) is 5.29. The minimum absolute atomic E-state index is 0.00124. The third-order valence-corrected chi connectivity index (χ3v) is 8.12. The first-order chi connectivity index (χ1) is 18.0. The summed E-state index contributed by atoms with van der Waals surface area (Å²) in [4.78, 5) is 28.2. The second-order valence-electron chi connectivity index (χ2n) is 9.31. The maximum absolute atomic E-state index is 13.8. The number of nitrogens with zero attached hydrogens (tertiary/aromatic N) is 2. The Kier molecular flexibility index (Phi) is 9.63. The van der Waals surface area contributed by atoms with Crippen molar-refractivity contribution in [2.75, 3.05) is 10.8 Å². The highest BCUT2D eigenvalue weighted by molar-refractivity contribution is 7.92. The zero-order valence-corrected chi connectivity index (χ0v) is 22.9. The molecule has 202 valence electrons. The topological polar surface area (TPSA) is 86.8 Å². The quantitative estimate of drug-likeness (QED) is 0.384. The Morgan fingerprint density at radius 1 is 0.947 bits per heavy atom. The molecule has 2 unspecified atom stereocenters. The van der Waals surface area contributed by atoms with Crippen molar-refractivity contribution in [2.45, 2.75) is 57.6 Å². The minimum atomic E-state index is -4.11. The van der Waals surface area contributed by atoms with Crippen LogP contribution in [0.4, 0.5) is 10.1 Å². The Morgan fingerprint density at radius 3 is 2.21 bits per heavy atom. The number of carbonyl (C=O) groups is 2. The Labute approximate surface area is 224 Å². The first kappa shape index (κ1) is 28.8. The number of rotatable bonds is 11. The summed E-state index contributed by atoms with van der Waals surface area (Å²) in [6, 6.07) is 19.4. The average Bonchev–Trinajstić information content (AvgIpc) is 2.91. The third-order valence-electron chi connectivity index (χ3n) is 6.33. The van der Waals surface area contributed by atoms with Crippen LogP contribution in [-0.4, -0.2) is 43.8 Å². The molecule has 2 atom stereocenters. The molecule has 3 aromatic carbocycles. The van der Waals surface area contributed by atoms with E-state index < -0.39 is 34.3 Å². The van der Waals surface area contributed by atoms with E-state index in [1.54, 1.807) is 43.3 Å². The van der Waals surface area contributed by atoms with E-state index in [9.17, 15) is 22.4 Å². The van der Waals surface area contributed by atoms with Crippen LogP contribution in [0.2, 0.25) is 0 Å². The van der Waals surface area contributed by atoms with Gasteiger partial charge in [-0.15, -0.1) is 0 Å². The lowest BCUT2D eigenvalue weighted by atomic mass is 10.1. The number of carbonyl (C=O) groups excluding carboxylic acids is 2. The number of aryl methyl sites for hydroxylation is 1. The molecule has 0 aliphatic heterocycles. The smallest absolute Gasteiger partial charge is 0.264 e.